The van der Waals surface area contributed by atoms with E-state index in [0.29, 0.717) is 22.0 Å². The summed E-state index contributed by atoms with van der Waals surface area (Å²) in [5.41, 5.74) is 7.55. The van der Waals surface area contributed by atoms with E-state index in [1.807, 2.05) is 19.1 Å². The monoisotopic (exact) mass is 392 g/mol. The van der Waals surface area contributed by atoms with E-state index in [4.69, 9.17) is 5.73 Å². The number of primary amides is 1. The van der Waals surface area contributed by atoms with E-state index in [-0.39, 0.29) is 12.9 Å². The van der Waals surface area contributed by atoms with Gasteiger partial charge in [0, 0.05) is 16.6 Å². The number of carbonyl (C=O) groups is 2. The third-order valence-corrected chi connectivity index (χ3v) is 5.69. The van der Waals surface area contributed by atoms with Gasteiger partial charge in [-0.25, -0.2) is 4.39 Å². The number of amides is 2. The van der Waals surface area contributed by atoms with Gasteiger partial charge in [0.05, 0.1) is 5.56 Å². The zero-order valence-electron chi connectivity index (χ0n) is 13.7. The van der Waals surface area contributed by atoms with Crippen molar-refractivity contribution in [1.82, 2.24) is 10.2 Å². The van der Waals surface area contributed by atoms with Gasteiger partial charge in [0.1, 0.15) is 11.3 Å². The van der Waals surface area contributed by atoms with Crippen LogP contribution >= 0.6 is 23.1 Å². The van der Waals surface area contributed by atoms with Crippen LogP contribution in [0.5, 0.6) is 0 Å². The number of carbonyl (C=O) groups excluding carboxylic acids is 2. The lowest BCUT2D eigenvalue weighted by Crippen LogP contribution is -2.23. The third kappa shape index (κ3) is 4.17. The van der Waals surface area contributed by atoms with Crippen LogP contribution in [-0.4, -0.2) is 26.8 Å². The number of rotatable bonds is 5. The second kappa shape index (κ2) is 7.38. The van der Waals surface area contributed by atoms with Crippen molar-refractivity contribution in [3.05, 3.63) is 58.9 Å². The molecule has 1 aromatic heterocycles. The molecule has 0 saturated carbocycles. The van der Waals surface area contributed by atoms with E-state index >= 15 is 0 Å². The Morgan fingerprint density at radius 2 is 2.27 bits per heavy atom. The summed E-state index contributed by atoms with van der Waals surface area (Å²) in [6, 6.07) is 3.97. The zero-order valence-corrected chi connectivity index (χ0v) is 15.4. The number of hydrogen-bond donors (Lipinski definition) is 2. The van der Waals surface area contributed by atoms with E-state index in [1.165, 1.54) is 34.7 Å². The number of halogens is 1. The first kappa shape index (κ1) is 18.3. The number of benzene rings is 1. The highest BCUT2D eigenvalue weighted by Gasteiger charge is 2.27. The Kier molecular flexibility index (Phi) is 5.19. The van der Waals surface area contributed by atoms with Gasteiger partial charge in [-0.2, -0.15) is 0 Å². The number of allylic oxidation sites excluding steroid dienone is 1. The third-order valence-electron chi connectivity index (χ3n) is 3.74. The Labute approximate surface area is 158 Å². The van der Waals surface area contributed by atoms with E-state index < -0.39 is 16.5 Å². The number of aromatic nitrogens is 2. The summed E-state index contributed by atoms with van der Waals surface area (Å²) in [6.07, 6.45) is 5.99. The molecule has 2 aromatic rings. The molecule has 0 fully saturated rings. The number of hydrogen-bond acceptors (Lipinski definition) is 6. The molecule has 136 valence electrons. The quantitative estimate of drug-likeness (QED) is 0.813. The lowest BCUT2D eigenvalue weighted by atomic mass is 9.97. The van der Waals surface area contributed by atoms with Crippen LogP contribution in [0.4, 0.5) is 9.52 Å². The SMILES string of the molecule is CC1(Sc2ccc(F)cc2C(N)=O)C=CC(C(=O)Nc2nncs2)=CC1.[HH]. The standard InChI is InChI=1S/C17H15FN4O2S2.H2/c1-17(26-13-3-2-11(18)8-12(13)14(19)23)6-4-10(5-7-17)15(24)21-16-22-20-9-25-16;/h2-6,8-9H,7H2,1H3,(H2,19,23)(H,21,22,24);1H. The minimum atomic E-state index is -0.678. The van der Waals surface area contributed by atoms with Gasteiger partial charge in [-0.3, -0.25) is 14.9 Å². The maximum absolute atomic E-state index is 13.4. The van der Waals surface area contributed by atoms with Crippen molar-refractivity contribution in [3.8, 4) is 0 Å². The number of nitrogens with zero attached hydrogens (tertiary/aromatic N) is 2. The largest absolute Gasteiger partial charge is 0.366 e. The zero-order chi connectivity index (χ0) is 18.7. The van der Waals surface area contributed by atoms with Gasteiger partial charge in [0.2, 0.25) is 11.0 Å². The first-order chi connectivity index (χ1) is 12.4. The number of thioether (sulfide) groups is 1. The molecule has 1 heterocycles. The topological polar surface area (TPSA) is 98.0 Å². The van der Waals surface area contributed by atoms with Gasteiger partial charge < -0.3 is 5.73 Å². The van der Waals surface area contributed by atoms with Gasteiger partial charge in [-0.1, -0.05) is 29.6 Å². The summed E-state index contributed by atoms with van der Waals surface area (Å²) in [5, 5.41) is 10.6. The van der Waals surface area contributed by atoms with Crippen LogP contribution in [0.3, 0.4) is 0 Å². The van der Waals surface area contributed by atoms with Crippen LogP contribution in [-0.2, 0) is 4.79 Å². The summed E-state index contributed by atoms with van der Waals surface area (Å²) >= 11 is 2.64. The molecule has 3 rings (SSSR count). The highest BCUT2D eigenvalue weighted by molar-refractivity contribution is 8.01. The highest BCUT2D eigenvalue weighted by atomic mass is 32.2. The van der Waals surface area contributed by atoms with Crippen molar-refractivity contribution in [1.29, 1.82) is 0 Å². The Balaban J connectivity index is 0.00000261. The van der Waals surface area contributed by atoms with Crippen molar-refractivity contribution in [2.45, 2.75) is 23.0 Å². The maximum Gasteiger partial charge on any atom is 0.257 e. The minimum absolute atomic E-state index is 0. The van der Waals surface area contributed by atoms with Gasteiger partial charge in [0.15, 0.2) is 0 Å². The van der Waals surface area contributed by atoms with Crippen molar-refractivity contribution in [2.75, 3.05) is 5.32 Å². The van der Waals surface area contributed by atoms with Crippen molar-refractivity contribution < 1.29 is 15.4 Å². The molecular weight excluding hydrogens is 375 g/mol. The van der Waals surface area contributed by atoms with Crippen LogP contribution in [0, 0.1) is 5.82 Å². The molecule has 0 spiro atoms. The van der Waals surface area contributed by atoms with Gasteiger partial charge in [-0.15, -0.1) is 22.0 Å². The molecule has 9 heteroatoms. The molecule has 6 nitrogen and oxygen atoms in total. The lowest BCUT2D eigenvalue weighted by molar-refractivity contribution is -0.112. The Morgan fingerprint density at radius 1 is 1.46 bits per heavy atom. The molecule has 1 aromatic carbocycles. The Morgan fingerprint density at radius 3 is 2.88 bits per heavy atom. The summed E-state index contributed by atoms with van der Waals surface area (Å²) in [6.45, 7) is 1.97. The lowest BCUT2D eigenvalue weighted by Gasteiger charge is -2.27. The molecule has 0 radical (unpaired) electrons. The van der Waals surface area contributed by atoms with Crippen molar-refractivity contribution in [2.24, 2.45) is 5.73 Å². The maximum atomic E-state index is 13.4. The summed E-state index contributed by atoms with van der Waals surface area (Å²) < 4.78 is 13.0. The highest BCUT2D eigenvalue weighted by Crippen LogP contribution is 2.41. The molecule has 3 N–H and O–H groups in total. The number of anilines is 1. The van der Waals surface area contributed by atoms with Crippen LogP contribution in [0.25, 0.3) is 0 Å². The Hall–Kier alpha value is -2.52. The van der Waals surface area contributed by atoms with E-state index in [2.05, 4.69) is 15.5 Å². The minimum Gasteiger partial charge on any atom is -0.366 e. The summed E-state index contributed by atoms with van der Waals surface area (Å²) in [7, 11) is 0. The predicted octanol–water partition coefficient (Wildman–Crippen LogP) is 3.40. The van der Waals surface area contributed by atoms with E-state index in [0.717, 1.165) is 6.07 Å². The second-order valence-corrected chi connectivity index (χ2v) is 8.22. The van der Waals surface area contributed by atoms with Gasteiger partial charge in [0.25, 0.3) is 5.91 Å². The fourth-order valence-corrected chi connectivity index (χ4v) is 4.04. The van der Waals surface area contributed by atoms with Gasteiger partial charge >= 0.3 is 0 Å². The fraction of sp³-hybridized carbons (Fsp3) is 0.176. The van der Waals surface area contributed by atoms with E-state index in [9.17, 15) is 14.0 Å². The first-order valence-electron chi connectivity index (χ1n) is 7.61. The molecule has 2 amide bonds. The Bertz CT molecular complexity index is 918. The normalized spacial score (nSPS) is 19.1. The first-order valence-corrected chi connectivity index (χ1v) is 9.31. The van der Waals surface area contributed by atoms with Crippen molar-refractivity contribution >= 4 is 40.0 Å². The van der Waals surface area contributed by atoms with Crippen LogP contribution in [0.1, 0.15) is 25.1 Å². The van der Waals surface area contributed by atoms with Crippen LogP contribution < -0.4 is 11.1 Å². The predicted molar refractivity (Wildman–Crippen MR) is 102 cm³/mol. The molecule has 26 heavy (non-hydrogen) atoms. The van der Waals surface area contributed by atoms with Crippen LogP contribution in [0.2, 0.25) is 0 Å². The molecule has 0 aliphatic heterocycles. The summed E-state index contributed by atoms with van der Waals surface area (Å²) in [4.78, 5) is 24.4. The molecule has 0 bridgehead atoms. The second-order valence-electron chi connectivity index (χ2n) is 5.81. The molecule has 1 atom stereocenters. The van der Waals surface area contributed by atoms with Gasteiger partial charge in [-0.05, 0) is 31.5 Å². The average molecular weight is 392 g/mol. The molecule has 1 aliphatic carbocycles. The average Bonchev–Trinajstić information content (AvgIpc) is 3.09. The molecule has 0 saturated heterocycles. The van der Waals surface area contributed by atoms with E-state index in [1.54, 1.807) is 12.1 Å². The fourth-order valence-electron chi connectivity index (χ4n) is 2.39. The molecular formula is C17H17FN4O2S2. The summed E-state index contributed by atoms with van der Waals surface area (Å²) in [5.74, 6) is -1.45. The molecule has 1 unspecified atom stereocenters. The number of nitrogens with two attached hydrogens (primary N) is 1. The molecule has 1 aliphatic rings. The van der Waals surface area contributed by atoms with Crippen molar-refractivity contribution in [3.63, 3.8) is 0 Å². The smallest absolute Gasteiger partial charge is 0.257 e. The van der Waals surface area contributed by atoms with Crippen LogP contribution in [0.15, 0.2) is 52.4 Å². The number of nitrogens with one attached hydrogen (secondary N) is 1.